The minimum atomic E-state index is -4.33. The van der Waals surface area contributed by atoms with Gasteiger partial charge in [-0.05, 0) is 17.7 Å². The summed E-state index contributed by atoms with van der Waals surface area (Å²) in [6, 6.07) is 4.95. The molecular weight excluding hydrogens is 351 g/mol. The van der Waals surface area contributed by atoms with E-state index in [4.69, 9.17) is 0 Å². The zero-order valence-corrected chi connectivity index (χ0v) is 13.5. The summed E-state index contributed by atoms with van der Waals surface area (Å²) in [5, 5.41) is 10.6. The van der Waals surface area contributed by atoms with Crippen molar-refractivity contribution in [1.29, 1.82) is 0 Å². The second-order valence-corrected chi connectivity index (χ2v) is 6.54. The third kappa shape index (κ3) is 5.48. The first-order valence-corrected chi connectivity index (χ1v) is 8.10. The van der Waals surface area contributed by atoms with Crippen molar-refractivity contribution in [2.24, 2.45) is 0 Å². The van der Waals surface area contributed by atoms with Gasteiger partial charge >= 0.3 is 6.18 Å². The van der Waals surface area contributed by atoms with E-state index in [1.54, 1.807) is 0 Å². The van der Waals surface area contributed by atoms with Gasteiger partial charge in [0, 0.05) is 12.9 Å². The lowest BCUT2D eigenvalue weighted by Gasteiger charge is -2.06. The maximum absolute atomic E-state index is 12.5. The molecule has 0 aliphatic carbocycles. The van der Waals surface area contributed by atoms with Crippen LogP contribution in [0.1, 0.15) is 11.1 Å². The zero-order chi connectivity index (χ0) is 16.9. The molecule has 0 aliphatic heterocycles. The number of carbonyl (C=O) groups is 1. The maximum Gasteiger partial charge on any atom is 0.416 e. The van der Waals surface area contributed by atoms with Crippen LogP contribution in [-0.2, 0) is 21.5 Å². The fourth-order valence-corrected chi connectivity index (χ4v) is 3.26. The van der Waals surface area contributed by atoms with Crippen LogP contribution in [0.25, 0.3) is 0 Å². The molecule has 1 amide bonds. The van der Waals surface area contributed by atoms with E-state index in [0.29, 0.717) is 15.2 Å². The molecule has 5 nitrogen and oxygen atoms in total. The molecule has 0 bridgehead atoms. The smallest absolute Gasteiger partial charge is 0.375 e. The SMILES string of the molecule is COCC(=O)Nc1nnc(SCc2ccc(C(F)(F)F)cc2)s1. The average Bonchev–Trinajstić information content (AvgIpc) is 2.92. The molecule has 0 aliphatic rings. The van der Waals surface area contributed by atoms with Crippen LogP contribution >= 0.6 is 23.1 Å². The molecule has 10 heteroatoms. The molecule has 0 spiro atoms. The van der Waals surface area contributed by atoms with Gasteiger partial charge in [0.15, 0.2) is 4.34 Å². The Morgan fingerprint density at radius 2 is 2.00 bits per heavy atom. The van der Waals surface area contributed by atoms with Crippen molar-refractivity contribution in [3.63, 3.8) is 0 Å². The summed E-state index contributed by atoms with van der Waals surface area (Å²) < 4.78 is 42.7. The highest BCUT2D eigenvalue weighted by Gasteiger charge is 2.29. The average molecular weight is 363 g/mol. The minimum Gasteiger partial charge on any atom is -0.375 e. The number of halogens is 3. The summed E-state index contributed by atoms with van der Waals surface area (Å²) in [4.78, 5) is 11.3. The summed E-state index contributed by atoms with van der Waals surface area (Å²) >= 11 is 2.52. The van der Waals surface area contributed by atoms with Gasteiger partial charge in [-0.3, -0.25) is 10.1 Å². The van der Waals surface area contributed by atoms with Gasteiger partial charge in [-0.15, -0.1) is 10.2 Å². The Morgan fingerprint density at radius 3 is 2.61 bits per heavy atom. The standard InChI is InChI=1S/C13H12F3N3O2S2/c1-21-6-10(20)17-11-18-19-12(23-11)22-7-8-2-4-9(5-3-8)13(14,15)16/h2-5H,6-7H2,1H3,(H,17,18,20). The Labute approximate surface area is 138 Å². The summed E-state index contributed by atoms with van der Waals surface area (Å²) in [6.45, 7) is -0.0758. The molecule has 0 radical (unpaired) electrons. The second kappa shape index (κ2) is 7.75. The topological polar surface area (TPSA) is 64.1 Å². The number of carbonyl (C=O) groups excluding carboxylic acids is 1. The number of nitrogens with zero attached hydrogens (tertiary/aromatic N) is 2. The molecule has 124 valence electrons. The summed E-state index contributed by atoms with van der Waals surface area (Å²) in [5.41, 5.74) is 0.0634. The lowest BCUT2D eigenvalue weighted by Crippen LogP contribution is -2.16. The molecule has 1 heterocycles. The number of hydrogen-bond donors (Lipinski definition) is 1. The van der Waals surface area contributed by atoms with Crippen LogP contribution in [0.4, 0.5) is 18.3 Å². The highest BCUT2D eigenvalue weighted by Crippen LogP contribution is 2.31. The van der Waals surface area contributed by atoms with Gasteiger partial charge in [-0.25, -0.2) is 0 Å². The molecular formula is C13H12F3N3O2S2. The molecule has 0 saturated carbocycles. The lowest BCUT2D eigenvalue weighted by molar-refractivity contribution is -0.137. The van der Waals surface area contributed by atoms with Gasteiger partial charge in [0.25, 0.3) is 5.91 Å². The van der Waals surface area contributed by atoms with E-state index in [9.17, 15) is 18.0 Å². The van der Waals surface area contributed by atoms with E-state index in [2.05, 4.69) is 20.3 Å². The van der Waals surface area contributed by atoms with Crippen molar-refractivity contribution in [2.45, 2.75) is 16.3 Å². The fraction of sp³-hybridized carbons (Fsp3) is 0.308. The van der Waals surface area contributed by atoms with Crippen molar-refractivity contribution in [3.8, 4) is 0 Å². The quantitative estimate of drug-likeness (QED) is 0.629. The van der Waals surface area contributed by atoms with Gasteiger partial charge in [0.1, 0.15) is 6.61 Å². The number of hydrogen-bond acceptors (Lipinski definition) is 6. The van der Waals surface area contributed by atoms with Gasteiger partial charge in [0.2, 0.25) is 5.13 Å². The molecule has 0 fully saturated rings. The van der Waals surface area contributed by atoms with E-state index >= 15 is 0 Å². The molecule has 0 atom stereocenters. The zero-order valence-electron chi connectivity index (χ0n) is 11.9. The Balaban J connectivity index is 1.89. The predicted molar refractivity (Wildman–Crippen MR) is 81.4 cm³/mol. The Hall–Kier alpha value is -1.65. The predicted octanol–water partition coefficient (Wildman–Crippen LogP) is 3.43. The number of methoxy groups -OCH3 is 1. The van der Waals surface area contributed by atoms with Crippen molar-refractivity contribution in [3.05, 3.63) is 35.4 Å². The van der Waals surface area contributed by atoms with Crippen molar-refractivity contribution in [2.75, 3.05) is 19.0 Å². The number of aromatic nitrogens is 2. The van der Waals surface area contributed by atoms with Crippen LogP contribution in [0.2, 0.25) is 0 Å². The lowest BCUT2D eigenvalue weighted by atomic mass is 10.1. The Kier molecular flexibility index (Phi) is 5.97. The van der Waals surface area contributed by atoms with Crippen LogP contribution in [-0.4, -0.2) is 29.8 Å². The van der Waals surface area contributed by atoms with Crippen LogP contribution in [0.5, 0.6) is 0 Å². The molecule has 2 aromatic rings. The maximum atomic E-state index is 12.5. The molecule has 1 N–H and O–H groups in total. The monoisotopic (exact) mass is 363 g/mol. The molecule has 1 aromatic carbocycles. The summed E-state index contributed by atoms with van der Waals surface area (Å²) in [5.74, 6) is 0.127. The number of benzene rings is 1. The van der Waals surface area contributed by atoms with Crippen molar-refractivity contribution < 1.29 is 22.7 Å². The highest BCUT2D eigenvalue weighted by molar-refractivity contribution is 8.00. The summed E-state index contributed by atoms with van der Waals surface area (Å²) in [7, 11) is 1.41. The molecule has 23 heavy (non-hydrogen) atoms. The largest absolute Gasteiger partial charge is 0.416 e. The first-order chi connectivity index (χ1) is 10.9. The van der Waals surface area contributed by atoms with Gasteiger partial charge < -0.3 is 4.74 Å². The molecule has 0 saturated heterocycles. The highest BCUT2D eigenvalue weighted by atomic mass is 32.2. The first kappa shape index (κ1) is 17.7. The number of amides is 1. The molecule has 2 rings (SSSR count). The number of nitrogens with one attached hydrogen (secondary N) is 1. The molecule has 0 unspecified atom stereocenters. The number of ether oxygens (including phenoxy) is 1. The van der Waals surface area contributed by atoms with Gasteiger partial charge in [-0.1, -0.05) is 35.2 Å². The number of alkyl halides is 3. The first-order valence-electron chi connectivity index (χ1n) is 6.29. The van der Waals surface area contributed by atoms with E-state index in [0.717, 1.165) is 17.7 Å². The normalized spacial score (nSPS) is 11.5. The third-order valence-electron chi connectivity index (χ3n) is 2.57. The van der Waals surface area contributed by atoms with E-state index < -0.39 is 11.7 Å². The van der Waals surface area contributed by atoms with Crippen molar-refractivity contribution >= 4 is 34.1 Å². The Morgan fingerprint density at radius 1 is 1.30 bits per heavy atom. The van der Waals surface area contributed by atoms with E-state index in [-0.39, 0.29) is 12.5 Å². The van der Waals surface area contributed by atoms with Crippen LogP contribution in [0, 0.1) is 0 Å². The second-order valence-electron chi connectivity index (χ2n) is 4.34. The fourth-order valence-electron chi connectivity index (χ4n) is 1.54. The van der Waals surface area contributed by atoms with Crippen LogP contribution in [0.3, 0.4) is 0 Å². The molecule has 1 aromatic heterocycles. The van der Waals surface area contributed by atoms with E-state index in [1.165, 1.54) is 42.3 Å². The Bertz CT molecular complexity index is 659. The summed E-state index contributed by atoms with van der Waals surface area (Å²) in [6.07, 6.45) is -4.33. The van der Waals surface area contributed by atoms with Crippen molar-refractivity contribution in [1.82, 2.24) is 10.2 Å². The number of thioether (sulfide) groups is 1. The number of rotatable bonds is 6. The van der Waals surface area contributed by atoms with E-state index in [1.807, 2.05) is 0 Å². The third-order valence-corrected chi connectivity index (χ3v) is 4.61. The van der Waals surface area contributed by atoms with Crippen LogP contribution in [0.15, 0.2) is 28.6 Å². The van der Waals surface area contributed by atoms with Gasteiger partial charge in [0.05, 0.1) is 5.56 Å². The number of anilines is 1. The van der Waals surface area contributed by atoms with Crippen LogP contribution < -0.4 is 5.32 Å². The minimum absolute atomic E-state index is 0.0758. The van der Waals surface area contributed by atoms with Gasteiger partial charge in [-0.2, -0.15) is 13.2 Å².